The molecule has 1 heterocycles. The molecule has 6 heteroatoms. The quantitative estimate of drug-likeness (QED) is 0.843. The molecule has 1 aliphatic heterocycles. The molecular formula is C16H24ClN3O2. The van der Waals surface area contributed by atoms with Gasteiger partial charge in [-0.05, 0) is 50.6 Å². The van der Waals surface area contributed by atoms with E-state index in [0.717, 1.165) is 25.8 Å². The van der Waals surface area contributed by atoms with Gasteiger partial charge in [0.25, 0.3) is 0 Å². The van der Waals surface area contributed by atoms with Crippen molar-refractivity contribution in [2.45, 2.75) is 31.7 Å². The molecule has 0 radical (unpaired) electrons. The molecular weight excluding hydrogens is 302 g/mol. The molecule has 0 aromatic heterocycles. The number of carbonyl (C=O) groups excluding carboxylic acids is 1. The first-order chi connectivity index (χ1) is 10.6. The summed E-state index contributed by atoms with van der Waals surface area (Å²) in [7, 11) is 1.56. The Morgan fingerprint density at radius 2 is 2.32 bits per heavy atom. The van der Waals surface area contributed by atoms with Crippen LogP contribution in [-0.2, 0) is 4.79 Å². The van der Waals surface area contributed by atoms with E-state index in [2.05, 4.69) is 10.2 Å². The van der Waals surface area contributed by atoms with Crippen LogP contribution in [0.4, 0.5) is 5.69 Å². The Morgan fingerprint density at radius 3 is 3.00 bits per heavy atom. The summed E-state index contributed by atoms with van der Waals surface area (Å²) in [6, 6.07) is 5.65. The van der Waals surface area contributed by atoms with Crippen LogP contribution in [0.5, 0.6) is 5.75 Å². The summed E-state index contributed by atoms with van der Waals surface area (Å²) < 4.78 is 5.10. The SMILES string of the molecule is COc1ccc(NC(=O)CN2CCCCC2CCN)cc1Cl. The summed E-state index contributed by atoms with van der Waals surface area (Å²) in [6.07, 6.45) is 4.43. The number of nitrogens with one attached hydrogen (secondary N) is 1. The van der Waals surface area contributed by atoms with Gasteiger partial charge in [-0.15, -0.1) is 0 Å². The molecule has 5 nitrogen and oxygen atoms in total. The molecule has 0 saturated carbocycles. The number of methoxy groups -OCH3 is 1. The Balaban J connectivity index is 1.92. The largest absolute Gasteiger partial charge is 0.495 e. The molecule has 1 aromatic carbocycles. The minimum Gasteiger partial charge on any atom is -0.495 e. The second-order valence-electron chi connectivity index (χ2n) is 5.59. The zero-order chi connectivity index (χ0) is 15.9. The number of carbonyl (C=O) groups is 1. The van der Waals surface area contributed by atoms with Gasteiger partial charge in [0.15, 0.2) is 0 Å². The van der Waals surface area contributed by atoms with Gasteiger partial charge in [-0.2, -0.15) is 0 Å². The summed E-state index contributed by atoms with van der Waals surface area (Å²) in [6.45, 7) is 2.02. The lowest BCUT2D eigenvalue weighted by Gasteiger charge is -2.35. The normalized spacial score (nSPS) is 19.0. The summed E-state index contributed by atoms with van der Waals surface area (Å²) in [5.41, 5.74) is 6.35. The summed E-state index contributed by atoms with van der Waals surface area (Å²) in [5.74, 6) is 0.573. The first-order valence-corrected chi connectivity index (χ1v) is 8.09. The van der Waals surface area contributed by atoms with Crippen LogP contribution in [0.2, 0.25) is 5.02 Å². The van der Waals surface area contributed by atoms with Gasteiger partial charge in [0.1, 0.15) is 5.75 Å². The molecule has 2 rings (SSSR count). The lowest BCUT2D eigenvalue weighted by molar-refractivity contribution is -0.118. The van der Waals surface area contributed by atoms with Crippen LogP contribution >= 0.6 is 11.6 Å². The van der Waals surface area contributed by atoms with Crippen LogP contribution in [0.25, 0.3) is 0 Å². The monoisotopic (exact) mass is 325 g/mol. The number of hydrogen-bond acceptors (Lipinski definition) is 4. The van der Waals surface area contributed by atoms with Crippen molar-refractivity contribution >= 4 is 23.2 Å². The van der Waals surface area contributed by atoms with Crippen LogP contribution in [0, 0.1) is 0 Å². The third-order valence-corrected chi connectivity index (χ3v) is 4.33. The summed E-state index contributed by atoms with van der Waals surface area (Å²) in [4.78, 5) is 14.5. The number of anilines is 1. The second-order valence-corrected chi connectivity index (χ2v) is 6.00. The van der Waals surface area contributed by atoms with E-state index < -0.39 is 0 Å². The van der Waals surface area contributed by atoms with Crippen molar-refractivity contribution in [3.8, 4) is 5.75 Å². The van der Waals surface area contributed by atoms with Crippen LogP contribution in [-0.4, -0.2) is 43.6 Å². The van der Waals surface area contributed by atoms with Crippen molar-refractivity contribution in [3.05, 3.63) is 23.2 Å². The van der Waals surface area contributed by atoms with E-state index in [-0.39, 0.29) is 5.91 Å². The average molecular weight is 326 g/mol. The zero-order valence-corrected chi connectivity index (χ0v) is 13.7. The van der Waals surface area contributed by atoms with Gasteiger partial charge in [-0.25, -0.2) is 0 Å². The molecule has 1 aliphatic rings. The Morgan fingerprint density at radius 1 is 1.50 bits per heavy atom. The molecule has 22 heavy (non-hydrogen) atoms. The maximum Gasteiger partial charge on any atom is 0.238 e. The maximum atomic E-state index is 12.2. The van der Waals surface area contributed by atoms with Gasteiger partial charge in [-0.1, -0.05) is 18.0 Å². The minimum absolute atomic E-state index is 0.0230. The Kier molecular flexibility index (Phi) is 6.49. The van der Waals surface area contributed by atoms with Gasteiger partial charge >= 0.3 is 0 Å². The third kappa shape index (κ3) is 4.60. The molecule has 1 saturated heterocycles. The van der Waals surface area contributed by atoms with Crippen LogP contribution in [0.3, 0.4) is 0 Å². The van der Waals surface area contributed by atoms with E-state index in [4.69, 9.17) is 22.1 Å². The van der Waals surface area contributed by atoms with E-state index in [9.17, 15) is 4.79 Å². The molecule has 3 N–H and O–H groups in total. The number of benzene rings is 1. The fourth-order valence-corrected chi connectivity index (χ4v) is 3.17. The van der Waals surface area contributed by atoms with Crippen molar-refractivity contribution in [2.75, 3.05) is 32.1 Å². The highest BCUT2D eigenvalue weighted by molar-refractivity contribution is 6.32. The Labute approximate surface area is 136 Å². The van der Waals surface area contributed by atoms with Crippen molar-refractivity contribution < 1.29 is 9.53 Å². The molecule has 1 atom stereocenters. The van der Waals surface area contributed by atoms with Gasteiger partial charge in [0, 0.05) is 11.7 Å². The molecule has 1 amide bonds. The number of nitrogens with two attached hydrogens (primary N) is 1. The highest BCUT2D eigenvalue weighted by Gasteiger charge is 2.23. The predicted molar refractivity (Wildman–Crippen MR) is 89.5 cm³/mol. The van der Waals surface area contributed by atoms with E-state index in [1.165, 1.54) is 6.42 Å². The van der Waals surface area contributed by atoms with Gasteiger partial charge in [-0.3, -0.25) is 9.69 Å². The summed E-state index contributed by atoms with van der Waals surface area (Å²) in [5, 5.41) is 3.38. The Hall–Kier alpha value is -1.30. The van der Waals surface area contributed by atoms with E-state index in [0.29, 0.717) is 35.6 Å². The first kappa shape index (κ1) is 17.1. The third-order valence-electron chi connectivity index (χ3n) is 4.03. The molecule has 0 aliphatic carbocycles. The minimum atomic E-state index is -0.0230. The van der Waals surface area contributed by atoms with Crippen molar-refractivity contribution in [2.24, 2.45) is 5.73 Å². The maximum absolute atomic E-state index is 12.2. The van der Waals surface area contributed by atoms with Crippen LogP contribution in [0.1, 0.15) is 25.7 Å². The smallest absolute Gasteiger partial charge is 0.238 e. The van der Waals surface area contributed by atoms with E-state index in [1.807, 2.05) is 0 Å². The molecule has 1 unspecified atom stereocenters. The number of ether oxygens (including phenoxy) is 1. The molecule has 0 bridgehead atoms. The number of piperidine rings is 1. The lowest BCUT2D eigenvalue weighted by atomic mass is 9.99. The number of nitrogens with zero attached hydrogens (tertiary/aromatic N) is 1. The van der Waals surface area contributed by atoms with Crippen LogP contribution < -0.4 is 15.8 Å². The van der Waals surface area contributed by atoms with Gasteiger partial charge in [0.2, 0.25) is 5.91 Å². The lowest BCUT2D eigenvalue weighted by Crippen LogP contribution is -2.44. The van der Waals surface area contributed by atoms with Gasteiger partial charge < -0.3 is 15.8 Å². The van der Waals surface area contributed by atoms with Crippen molar-refractivity contribution in [1.82, 2.24) is 4.90 Å². The summed E-state index contributed by atoms with van der Waals surface area (Å²) >= 11 is 6.07. The number of likely N-dealkylation sites (tertiary alicyclic amines) is 1. The topological polar surface area (TPSA) is 67.6 Å². The average Bonchev–Trinajstić information content (AvgIpc) is 2.49. The first-order valence-electron chi connectivity index (χ1n) is 7.71. The van der Waals surface area contributed by atoms with E-state index >= 15 is 0 Å². The standard InChI is InChI=1S/C16H24ClN3O2/c1-22-15-6-5-12(10-14(15)17)19-16(21)11-20-9-3-2-4-13(20)7-8-18/h5-6,10,13H,2-4,7-9,11,18H2,1H3,(H,19,21). The van der Waals surface area contributed by atoms with Crippen LogP contribution in [0.15, 0.2) is 18.2 Å². The highest BCUT2D eigenvalue weighted by atomic mass is 35.5. The Bertz CT molecular complexity index is 508. The van der Waals surface area contributed by atoms with Crippen molar-refractivity contribution in [3.63, 3.8) is 0 Å². The van der Waals surface area contributed by atoms with Crippen molar-refractivity contribution in [1.29, 1.82) is 0 Å². The molecule has 0 spiro atoms. The molecule has 1 fully saturated rings. The number of hydrogen-bond donors (Lipinski definition) is 2. The fourth-order valence-electron chi connectivity index (χ4n) is 2.92. The predicted octanol–water partition coefficient (Wildman–Crippen LogP) is 2.49. The van der Waals surface area contributed by atoms with Gasteiger partial charge in [0.05, 0.1) is 18.7 Å². The number of rotatable bonds is 6. The fraction of sp³-hybridized carbons (Fsp3) is 0.562. The molecule has 1 aromatic rings. The second kappa shape index (κ2) is 8.36. The van der Waals surface area contributed by atoms with E-state index in [1.54, 1.807) is 25.3 Å². The molecule has 122 valence electrons. The number of halogens is 1. The number of amides is 1. The zero-order valence-electron chi connectivity index (χ0n) is 13.0. The highest BCUT2D eigenvalue weighted by Crippen LogP contribution is 2.27.